The SMILES string of the molecule is CC#CCn1c(N2CCNCC2)nc2nc(NC(C)C(=O)OC)n(C)c(=O)c21. The standard InChI is InChI=1S/C18H25N7O3/c1-5-6-9-25-13-14(22-18(25)24-10-7-19-8-11-24)21-17(23(3)15(13)26)20-12(2)16(27)28-4/h12,19H,7-11H2,1-4H3,(H,20,21). The molecule has 10 heteroatoms. The molecule has 3 rings (SSSR count). The van der Waals surface area contributed by atoms with E-state index in [9.17, 15) is 9.59 Å². The van der Waals surface area contributed by atoms with Gasteiger partial charge in [0, 0.05) is 33.2 Å². The minimum Gasteiger partial charge on any atom is -0.467 e. The number of piperazine rings is 1. The minimum atomic E-state index is -0.652. The van der Waals surface area contributed by atoms with Crippen molar-refractivity contribution in [3.05, 3.63) is 10.4 Å². The molecule has 0 bridgehead atoms. The summed E-state index contributed by atoms with van der Waals surface area (Å²) in [7, 11) is 2.92. The second-order valence-corrected chi connectivity index (χ2v) is 6.52. The molecule has 0 saturated carbocycles. The Balaban J connectivity index is 2.12. The van der Waals surface area contributed by atoms with Crippen molar-refractivity contribution in [1.29, 1.82) is 0 Å². The Hall–Kier alpha value is -3.06. The zero-order valence-corrected chi connectivity index (χ0v) is 16.6. The number of ether oxygens (including phenoxy) is 1. The van der Waals surface area contributed by atoms with Gasteiger partial charge in [-0.1, -0.05) is 5.92 Å². The molecule has 1 fully saturated rings. The summed E-state index contributed by atoms with van der Waals surface area (Å²) in [6.45, 7) is 7.02. The molecule has 0 radical (unpaired) electrons. The first-order valence-electron chi connectivity index (χ1n) is 9.14. The third-order valence-electron chi connectivity index (χ3n) is 4.68. The first kappa shape index (κ1) is 19.7. The molecule has 0 spiro atoms. The van der Waals surface area contributed by atoms with Crippen molar-refractivity contribution in [3.8, 4) is 11.8 Å². The molecule has 1 aliphatic heterocycles. The highest BCUT2D eigenvalue weighted by Crippen LogP contribution is 2.21. The van der Waals surface area contributed by atoms with Crippen molar-refractivity contribution < 1.29 is 9.53 Å². The molecule has 0 aliphatic carbocycles. The Morgan fingerprint density at radius 3 is 2.71 bits per heavy atom. The zero-order valence-electron chi connectivity index (χ0n) is 16.6. The van der Waals surface area contributed by atoms with Crippen molar-refractivity contribution in [2.45, 2.75) is 26.4 Å². The Morgan fingerprint density at radius 1 is 1.36 bits per heavy atom. The number of carbonyl (C=O) groups is 1. The molecule has 1 saturated heterocycles. The Morgan fingerprint density at radius 2 is 2.07 bits per heavy atom. The van der Waals surface area contributed by atoms with E-state index in [2.05, 4.69) is 37.3 Å². The molecular weight excluding hydrogens is 362 g/mol. The van der Waals surface area contributed by atoms with E-state index in [1.54, 1.807) is 20.9 Å². The fourth-order valence-corrected chi connectivity index (χ4v) is 3.12. The van der Waals surface area contributed by atoms with Crippen molar-refractivity contribution in [2.24, 2.45) is 7.05 Å². The maximum Gasteiger partial charge on any atom is 0.328 e. The lowest BCUT2D eigenvalue weighted by molar-refractivity contribution is -0.141. The number of anilines is 2. The number of aromatic nitrogens is 4. The van der Waals surface area contributed by atoms with Gasteiger partial charge in [-0.15, -0.1) is 5.92 Å². The highest BCUT2D eigenvalue weighted by Gasteiger charge is 2.24. The van der Waals surface area contributed by atoms with Crippen LogP contribution in [-0.2, 0) is 23.1 Å². The molecule has 1 unspecified atom stereocenters. The van der Waals surface area contributed by atoms with Crippen LogP contribution in [-0.4, -0.2) is 64.4 Å². The van der Waals surface area contributed by atoms with Crippen LogP contribution in [0.3, 0.4) is 0 Å². The number of methoxy groups -OCH3 is 1. The van der Waals surface area contributed by atoms with Gasteiger partial charge in [0.05, 0.1) is 13.7 Å². The van der Waals surface area contributed by atoms with E-state index < -0.39 is 12.0 Å². The number of carbonyl (C=O) groups excluding carboxylic acids is 1. The average Bonchev–Trinajstić information content (AvgIpc) is 3.08. The summed E-state index contributed by atoms with van der Waals surface area (Å²) in [5.41, 5.74) is 0.473. The fourth-order valence-electron chi connectivity index (χ4n) is 3.12. The number of nitrogens with one attached hydrogen (secondary N) is 2. The first-order chi connectivity index (χ1) is 13.5. The third kappa shape index (κ3) is 3.66. The monoisotopic (exact) mass is 387 g/mol. The van der Waals surface area contributed by atoms with Crippen LogP contribution in [0.5, 0.6) is 0 Å². The van der Waals surface area contributed by atoms with Gasteiger partial charge in [-0.25, -0.2) is 4.79 Å². The third-order valence-corrected chi connectivity index (χ3v) is 4.68. The predicted octanol–water partition coefficient (Wildman–Crippen LogP) is -0.464. The van der Waals surface area contributed by atoms with E-state index in [4.69, 9.17) is 4.74 Å². The Labute approximate surface area is 162 Å². The summed E-state index contributed by atoms with van der Waals surface area (Å²) >= 11 is 0. The van der Waals surface area contributed by atoms with Crippen LogP contribution >= 0.6 is 0 Å². The van der Waals surface area contributed by atoms with Gasteiger partial charge in [0.2, 0.25) is 11.9 Å². The molecule has 1 atom stereocenters. The summed E-state index contributed by atoms with van der Waals surface area (Å²) in [4.78, 5) is 36.0. The Kier molecular flexibility index (Phi) is 5.84. The van der Waals surface area contributed by atoms with Gasteiger partial charge in [0.1, 0.15) is 6.04 Å². The van der Waals surface area contributed by atoms with Crippen LogP contribution in [0.25, 0.3) is 11.2 Å². The number of imidazole rings is 1. The molecule has 2 N–H and O–H groups in total. The van der Waals surface area contributed by atoms with Crippen molar-refractivity contribution in [2.75, 3.05) is 43.5 Å². The molecule has 1 aliphatic rings. The molecule has 3 heterocycles. The summed E-state index contributed by atoms with van der Waals surface area (Å²) in [5, 5.41) is 6.23. The van der Waals surface area contributed by atoms with Gasteiger partial charge >= 0.3 is 5.97 Å². The van der Waals surface area contributed by atoms with Crippen LogP contribution in [0.2, 0.25) is 0 Å². The second-order valence-electron chi connectivity index (χ2n) is 6.52. The van der Waals surface area contributed by atoms with Crippen LogP contribution in [0.1, 0.15) is 13.8 Å². The van der Waals surface area contributed by atoms with Crippen molar-refractivity contribution in [3.63, 3.8) is 0 Å². The highest BCUT2D eigenvalue weighted by molar-refractivity contribution is 5.79. The predicted molar refractivity (Wildman–Crippen MR) is 106 cm³/mol. The molecule has 0 amide bonds. The maximum absolute atomic E-state index is 13.1. The minimum absolute atomic E-state index is 0.253. The second kappa shape index (κ2) is 8.31. The number of esters is 1. The molecule has 0 aromatic carbocycles. The number of rotatable bonds is 5. The smallest absolute Gasteiger partial charge is 0.328 e. The van der Waals surface area contributed by atoms with Gasteiger partial charge in [0.25, 0.3) is 5.56 Å². The molecular formula is C18H25N7O3. The van der Waals surface area contributed by atoms with Crippen molar-refractivity contribution >= 4 is 29.0 Å². The highest BCUT2D eigenvalue weighted by atomic mass is 16.5. The number of nitrogens with zero attached hydrogens (tertiary/aromatic N) is 5. The van der Waals surface area contributed by atoms with Gasteiger partial charge < -0.3 is 20.3 Å². The molecule has 2 aromatic heterocycles. The fraction of sp³-hybridized carbons (Fsp3) is 0.556. The van der Waals surface area contributed by atoms with Crippen LogP contribution < -0.4 is 21.1 Å². The summed E-state index contributed by atoms with van der Waals surface area (Å²) in [5.74, 6) is 6.38. The van der Waals surface area contributed by atoms with E-state index in [-0.39, 0.29) is 11.5 Å². The molecule has 28 heavy (non-hydrogen) atoms. The van der Waals surface area contributed by atoms with E-state index >= 15 is 0 Å². The lowest BCUT2D eigenvalue weighted by Crippen LogP contribution is -2.44. The first-order valence-corrected chi connectivity index (χ1v) is 9.14. The van der Waals surface area contributed by atoms with E-state index in [1.165, 1.54) is 11.7 Å². The maximum atomic E-state index is 13.1. The lowest BCUT2D eigenvalue weighted by atomic mass is 10.3. The number of hydrogen-bond acceptors (Lipinski definition) is 8. The Bertz CT molecular complexity index is 992. The van der Waals surface area contributed by atoms with Gasteiger partial charge in [-0.05, 0) is 13.8 Å². The van der Waals surface area contributed by atoms with Gasteiger partial charge in [-0.2, -0.15) is 9.97 Å². The number of hydrogen-bond donors (Lipinski definition) is 2. The van der Waals surface area contributed by atoms with E-state index in [1.807, 2.05) is 4.57 Å². The van der Waals surface area contributed by atoms with E-state index in [0.717, 1.165) is 26.2 Å². The normalized spacial score (nSPS) is 15.1. The quantitative estimate of drug-likeness (QED) is 0.524. The molecule has 2 aromatic rings. The summed E-state index contributed by atoms with van der Waals surface area (Å²) < 4.78 is 7.92. The van der Waals surface area contributed by atoms with Gasteiger partial charge in [0.15, 0.2) is 11.2 Å². The molecule has 150 valence electrons. The largest absolute Gasteiger partial charge is 0.467 e. The van der Waals surface area contributed by atoms with Crippen molar-refractivity contribution in [1.82, 2.24) is 24.4 Å². The zero-order chi connectivity index (χ0) is 20.3. The lowest BCUT2D eigenvalue weighted by Gasteiger charge is -2.28. The summed E-state index contributed by atoms with van der Waals surface area (Å²) in [6.07, 6.45) is 0. The van der Waals surface area contributed by atoms with Crippen LogP contribution in [0, 0.1) is 11.8 Å². The average molecular weight is 387 g/mol. The van der Waals surface area contributed by atoms with Crippen LogP contribution in [0.4, 0.5) is 11.9 Å². The van der Waals surface area contributed by atoms with E-state index in [0.29, 0.717) is 23.7 Å². The summed E-state index contributed by atoms with van der Waals surface area (Å²) in [6, 6.07) is -0.652. The number of fused-ring (bicyclic) bond motifs is 1. The molecule has 10 nitrogen and oxygen atoms in total. The topological polar surface area (TPSA) is 106 Å². The van der Waals surface area contributed by atoms with Crippen LogP contribution in [0.15, 0.2) is 4.79 Å². The van der Waals surface area contributed by atoms with Gasteiger partial charge in [-0.3, -0.25) is 13.9 Å².